The Bertz CT molecular complexity index is 1220. The first kappa shape index (κ1) is 20.2. The zero-order chi connectivity index (χ0) is 21.0. The number of carbonyl (C=O) groups excluding carboxylic acids is 1. The molecule has 0 aliphatic carbocycles. The van der Waals surface area contributed by atoms with Crippen molar-refractivity contribution in [1.82, 2.24) is 9.97 Å². The molecule has 8 heteroatoms. The maximum atomic E-state index is 13.1. The second-order valence-electron chi connectivity index (χ2n) is 6.78. The molecule has 0 bridgehead atoms. The van der Waals surface area contributed by atoms with Crippen LogP contribution in [-0.4, -0.2) is 30.0 Å². The molecular weight excluding hydrogens is 418 g/mol. The Labute approximate surface area is 178 Å². The highest BCUT2D eigenvalue weighted by Gasteiger charge is 2.26. The lowest BCUT2D eigenvalue weighted by atomic mass is 10.2. The molecule has 6 nitrogen and oxygen atoms in total. The Morgan fingerprint density at radius 1 is 0.933 bits per heavy atom. The Kier molecular flexibility index (Phi) is 5.87. The van der Waals surface area contributed by atoms with Gasteiger partial charge in [-0.25, -0.2) is 13.4 Å². The number of amides is 1. The van der Waals surface area contributed by atoms with E-state index in [2.05, 4.69) is 9.97 Å². The number of rotatable bonds is 7. The third kappa shape index (κ3) is 4.90. The van der Waals surface area contributed by atoms with Crippen molar-refractivity contribution in [2.75, 3.05) is 10.7 Å². The highest BCUT2D eigenvalue weighted by molar-refractivity contribution is 7.91. The zero-order valence-corrected chi connectivity index (χ0v) is 17.6. The molecule has 0 aliphatic rings. The first-order valence-electron chi connectivity index (χ1n) is 9.30. The van der Waals surface area contributed by atoms with Gasteiger partial charge in [-0.2, -0.15) is 0 Å². The third-order valence-corrected chi connectivity index (χ3v) is 6.95. The third-order valence-electron chi connectivity index (χ3n) is 4.43. The van der Waals surface area contributed by atoms with E-state index in [0.29, 0.717) is 16.4 Å². The lowest BCUT2D eigenvalue weighted by Crippen LogP contribution is -2.36. The fourth-order valence-corrected chi connectivity index (χ4v) is 5.35. The van der Waals surface area contributed by atoms with Gasteiger partial charge in [0.15, 0.2) is 15.0 Å². The number of pyridine rings is 1. The van der Waals surface area contributed by atoms with E-state index >= 15 is 0 Å². The molecule has 2 heterocycles. The number of aromatic nitrogens is 2. The molecule has 0 atom stereocenters. The zero-order valence-electron chi connectivity index (χ0n) is 16.0. The Morgan fingerprint density at radius 2 is 1.67 bits per heavy atom. The van der Waals surface area contributed by atoms with Gasteiger partial charge in [-0.05, 0) is 29.8 Å². The predicted molar refractivity (Wildman–Crippen MR) is 119 cm³/mol. The van der Waals surface area contributed by atoms with Crippen molar-refractivity contribution in [3.63, 3.8) is 0 Å². The molecule has 0 saturated carbocycles. The summed E-state index contributed by atoms with van der Waals surface area (Å²) in [4.78, 5) is 23.4. The fraction of sp³-hybridized carbons (Fsp3) is 0.136. The number of hydrogen-bond donors (Lipinski definition) is 0. The van der Waals surface area contributed by atoms with Crippen molar-refractivity contribution in [2.24, 2.45) is 0 Å². The Balaban J connectivity index is 1.62. The summed E-state index contributed by atoms with van der Waals surface area (Å²) in [6.07, 6.45) is 1.64. The first-order chi connectivity index (χ1) is 14.5. The van der Waals surface area contributed by atoms with E-state index in [0.717, 1.165) is 10.2 Å². The summed E-state index contributed by atoms with van der Waals surface area (Å²) >= 11 is 1.35. The number of hydrogen-bond acceptors (Lipinski definition) is 6. The maximum Gasteiger partial charge on any atom is 0.244 e. The van der Waals surface area contributed by atoms with Crippen molar-refractivity contribution in [3.05, 3.63) is 90.3 Å². The summed E-state index contributed by atoms with van der Waals surface area (Å²) in [6.45, 7) is 0.153. The van der Waals surface area contributed by atoms with Gasteiger partial charge < -0.3 is 0 Å². The van der Waals surface area contributed by atoms with Gasteiger partial charge in [-0.3, -0.25) is 14.7 Å². The van der Waals surface area contributed by atoms with E-state index in [4.69, 9.17) is 0 Å². The topological polar surface area (TPSA) is 80.2 Å². The number of nitrogens with zero attached hydrogens (tertiary/aromatic N) is 3. The predicted octanol–water partition coefficient (Wildman–Crippen LogP) is 3.84. The average Bonchev–Trinajstić information content (AvgIpc) is 3.16. The smallest absolute Gasteiger partial charge is 0.244 e. The first-order valence-corrected chi connectivity index (χ1v) is 11.9. The summed E-state index contributed by atoms with van der Waals surface area (Å²) < 4.78 is 26.3. The molecule has 152 valence electrons. The molecule has 0 aliphatic heterocycles. The van der Waals surface area contributed by atoms with Crippen LogP contribution in [-0.2, 0) is 26.9 Å². The second kappa shape index (κ2) is 8.73. The number of sulfone groups is 1. The Hall–Kier alpha value is -3.10. The lowest BCUT2D eigenvalue weighted by molar-refractivity contribution is -0.116. The van der Waals surface area contributed by atoms with E-state index in [1.165, 1.54) is 16.2 Å². The monoisotopic (exact) mass is 437 g/mol. The Morgan fingerprint density at radius 3 is 2.40 bits per heavy atom. The average molecular weight is 438 g/mol. The van der Waals surface area contributed by atoms with Crippen molar-refractivity contribution in [1.29, 1.82) is 0 Å². The van der Waals surface area contributed by atoms with Crippen molar-refractivity contribution in [2.45, 2.75) is 12.3 Å². The lowest BCUT2D eigenvalue weighted by Gasteiger charge is -2.19. The minimum Gasteiger partial charge on any atom is -0.281 e. The van der Waals surface area contributed by atoms with E-state index < -0.39 is 21.5 Å². The summed E-state index contributed by atoms with van der Waals surface area (Å²) in [5, 5.41) is 0.460. The molecule has 0 fully saturated rings. The van der Waals surface area contributed by atoms with Crippen LogP contribution in [0, 0.1) is 0 Å². The molecule has 30 heavy (non-hydrogen) atoms. The van der Waals surface area contributed by atoms with Crippen LogP contribution >= 0.6 is 11.3 Å². The summed E-state index contributed by atoms with van der Waals surface area (Å²) in [6, 6.07) is 21.8. The number of carbonyl (C=O) groups is 1. The van der Waals surface area contributed by atoms with E-state index in [9.17, 15) is 13.2 Å². The number of para-hydroxylation sites is 1. The van der Waals surface area contributed by atoms with E-state index in [-0.39, 0.29) is 12.3 Å². The molecular formula is C22H19N3O3S2. The summed E-state index contributed by atoms with van der Waals surface area (Å²) in [5.74, 6) is -1.29. The van der Waals surface area contributed by atoms with Crippen LogP contribution in [0.15, 0.2) is 79.0 Å². The molecule has 2 aromatic heterocycles. The molecule has 0 N–H and O–H groups in total. The SMILES string of the molecule is O=C(CS(=O)(=O)Cc1ccccc1)N(Cc1ccccn1)c1nc2ccccc2s1. The molecule has 0 spiro atoms. The van der Waals surface area contributed by atoms with Crippen LogP contribution in [0.2, 0.25) is 0 Å². The van der Waals surface area contributed by atoms with Gasteiger partial charge in [0, 0.05) is 6.20 Å². The van der Waals surface area contributed by atoms with Crippen molar-refractivity contribution in [3.8, 4) is 0 Å². The summed E-state index contributed by atoms with van der Waals surface area (Å²) in [5.41, 5.74) is 2.08. The molecule has 0 radical (unpaired) electrons. The van der Waals surface area contributed by atoms with Crippen LogP contribution in [0.1, 0.15) is 11.3 Å². The normalized spacial score (nSPS) is 11.5. The number of thiazole rings is 1. The fourth-order valence-electron chi connectivity index (χ4n) is 3.04. The quantitative estimate of drug-likeness (QED) is 0.439. The van der Waals surface area contributed by atoms with Gasteiger partial charge in [0.1, 0.15) is 5.75 Å². The van der Waals surface area contributed by atoms with Crippen LogP contribution in [0.4, 0.5) is 5.13 Å². The van der Waals surface area contributed by atoms with Gasteiger partial charge in [0.25, 0.3) is 0 Å². The molecule has 0 saturated heterocycles. The van der Waals surface area contributed by atoms with E-state index in [1.807, 2.05) is 36.4 Å². The second-order valence-corrected chi connectivity index (χ2v) is 9.86. The van der Waals surface area contributed by atoms with Gasteiger partial charge in [0.05, 0.1) is 28.2 Å². The number of anilines is 1. The minimum atomic E-state index is -3.64. The van der Waals surface area contributed by atoms with Gasteiger partial charge in [-0.1, -0.05) is 59.9 Å². The number of benzene rings is 2. The molecule has 4 rings (SSSR count). The largest absolute Gasteiger partial charge is 0.281 e. The van der Waals surface area contributed by atoms with Crippen LogP contribution in [0.3, 0.4) is 0 Å². The van der Waals surface area contributed by atoms with Gasteiger partial charge in [-0.15, -0.1) is 0 Å². The van der Waals surface area contributed by atoms with Crippen molar-refractivity contribution < 1.29 is 13.2 Å². The van der Waals surface area contributed by atoms with Crippen molar-refractivity contribution >= 4 is 42.4 Å². The highest BCUT2D eigenvalue weighted by atomic mass is 32.2. The standard InChI is InChI=1S/C22H19N3O3S2/c26-21(16-30(27,28)15-17-8-2-1-3-9-17)25(14-18-10-6-7-13-23-18)22-24-19-11-4-5-12-20(19)29-22/h1-13H,14-16H2. The molecule has 4 aromatic rings. The van der Waals surface area contributed by atoms with Crippen LogP contribution in [0.25, 0.3) is 10.2 Å². The van der Waals surface area contributed by atoms with Gasteiger partial charge in [0.2, 0.25) is 5.91 Å². The molecule has 1 amide bonds. The summed E-state index contributed by atoms with van der Waals surface area (Å²) in [7, 11) is -3.64. The van der Waals surface area contributed by atoms with Gasteiger partial charge >= 0.3 is 0 Å². The van der Waals surface area contributed by atoms with Crippen LogP contribution < -0.4 is 4.90 Å². The minimum absolute atomic E-state index is 0.153. The maximum absolute atomic E-state index is 13.1. The molecule has 2 aromatic carbocycles. The highest BCUT2D eigenvalue weighted by Crippen LogP contribution is 2.29. The number of fused-ring (bicyclic) bond motifs is 1. The van der Waals surface area contributed by atoms with Crippen LogP contribution in [0.5, 0.6) is 0 Å². The van der Waals surface area contributed by atoms with E-state index in [1.54, 1.807) is 42.6 Å². The molecule has 0 unspecified atom stereocenters.